The van der Waals surface area contributed by atoms with E-state index in [0.29, 0.717) is 5.75 Å². The van der Waals surface area contributed by atoms with Gasteiger partial charge in [-0.3, -0.25) is 9.59 Å². The van der Waals surface area contributed by atoms with E-state index in [-0.39, 0.29) is 12.8 Å². The molecule has 8 heteroatoms. The highest BCUT2D eigenvalue weighted by Gasteiger charge is 2.20. The Morgan fingerprint density at radius 1 is 1.26 bits per heavy atom. The monoisotopic (exact) mass is 292 g/mol. The second-order valence-electron chi connectivity index (χ2n) is 4.02. The fourth-order valence-electron chi connectivity index (χ4n) is 1.20. The summed E-state index contributed by atoms with van der Waals surface area (Å²) in [4.78, 5) is 32.9. The van der Waals surface area contributed by atoms with E-state index in [1.54, 1.807) is 0 Å². The molecule has 0 saturated heterocycles. The van der Waals surface area contributed by atoms with E-state index in [1.807, 2.05) is 6.92 Å². The Kier molecular flexibility index (Phi) is 8.98. The van der Waals surface area contributed by atoms with Crippen molar-refractivity contribution in [1.82, 2.24) is 5.32 Å². The van der Waals surface area contributed by atoms with Crippen molar-refractivity contribution in [2.75, 3.05) is 11.5 Å². The maximum absolute atomic E-state index is 11.5. The van der Waals surface area contributed by atoms with Crippen LogP contribution in [0.25, 0.3) is 0 Å². The molecule has 0 bridgehead atoms. The van der Waals surface area contributed by atoms with Crippen LogP contribution >= 0.6 is 11.8 Å². The largest absolute Gasteiger partial charge is 0.480 e. The average Bonchev–Trinajstić information content (AvgIpc) is 2.34. The van der Waals surface area contributed by atoms with Crippen LogP contribution in [-0.4, -0.2) is 51.6 Å². The Hall–Kier alpha value is -1.28. The highest BCUT2D eigenvalue weighted by molar-refractivity contribution is 7.99. The Morgan fingerprint density at radius 2 is 1.89 bits per heavy atom. The molecule has 0 aromatic carbocycles. The Bertz CT molecular complexity index is 324. The van der Waals surface area contributed by atoms with Gasteiger partial charge in [0, 0.05) is 12.2 Å². The molecular formula is C11H20N2O5S. The lowest BCUT2D eigenvalue weighted by Gasteiger charge is -2.14. The quantitative estimate of drug-likeness (QED) is 0.413. The number of rotatable bonds is 10. The van der Waals surface area contributed by atoms with Gasteiger partial charge in [0.2, 0.25) is 5.91 Å². The Morgan fingerprint density at radius 3 is 2.37 bits per heavy atom. The molecule has 0 aromatic heterocycles. The minimum Gasteiger partial charge on any atom is -0.480 e. The number of nitrogens with two attached hydrogens (primary N) is 1. The molecule has 7 nitrogen and oxygen atoms in total. The Labute approximate surface area is 115 Å². The first kappa shape index (κ1) is 17.7. The van der Waals surface area contributed by atoms with Gasteiger partial charge in [0.05, 0.1) is 0 Å². The van der Waals surface area contributed by atoms with Crippen molar-refractivity contribution < 1.29 is 24.6 Å². The van der Waals surface area contributed by atoms with Crippen LogP contribution in [0.2, 0.25) is 0 Å². The summed E-state index contributed by atoms with van der Waals surface area (Å²) < 4.78 is 0. The molecule has 2 unspecified atom stereocenters. The van der Waals surface area contributed by atoms with E-state index in [9.17, 15) is 14.4 Å². The smallest absolute Gasteiger partial charge is 0.327 e. The van der Waals surface area contributed by atoms with Gasteiger partial charge in [-0.2, -0.15) is 11.8 Å². The molecule has 0 heterocycles. The molecule has 0 aliphatic rings. The van der Waals surface area contributed by atoms with Crippen molar-refractivity contribution in [3.63, 3.8) is 0 Å². The van der Waals surface area contributed by atoms with Crippen LogP contribution in [0, 0.1) is 0 Å². The fourth-order valence-corrected chi connectivity index (χ4v) is 2.11. The summed E-state index contributed by atoms with van der Waals surface area (Å²) in [5.41, 5.74) is 5.25. The third-order valence-electron chi connectivity index (χ3n) is 2.27. The number of carbonyl (C=O) groups is 3. The highest BCUT2D eigenvalue weighted by Crippen LogP contribution is 2.05. The first-order valence-corrected chi connectivity index (χ1v) is 7.12. The molecule has 0 fully saturated rings. The third-order valence-corrected chi connectivity index (χ3v) is 3.53. The molecule has 0 spiro atoms. The number of carboxylic acids is 2. The molecule has 2 atom stereocenters. The SMILES string of the molecule is CCCSCC(NC(=O)CCC(N)C(=O)O)C(=O)O. The molecule has 0 radical (unpaired) electrons. The van der Waals surface area contributed by atoms with Gasteiger partial charge in [-0.25, -0.2) is 4.79 Å². The van der Waals surface area contributed by atoms with E-state index in [2.05, 4.69) is 5.32 Å². The van der Waals surface area contributed by atoms with Crippen LogP contribution in [0.3, 0.4) is 0 Å². The molecule has 0 aromatic rings. The van der Waals surface area contributed by atoms with E-state index < -0.39 is 29.9 Å². The van der Waals surface area contributed by atoms with Crippen LogP contribution in [0.1, 0.15) is 26.2 Å². The normalized spacial score (nSPS) is 13.6. The second-order valence-corrected chi connectivity index (χ2v) is 5.17. The maximum atomic E-state index is 11.5. The lowest BCUT2D eigenvalue weighted by molar-refractivity contribution is -0.141. The summed E-state index contributed by atoms with van der Waals surface area (Å²) in [6.45, 7) is 1.98. The van der Waals surface area contributed by atoms with Crippen LogP contribution < -0.4 is 11.1 Å². The summed E-state index contributed by atoms with van der Waals surface area (Å²) in [6.07, 6.45) is 0.809. The van der Waals surface area contributed by atoms with Crippen molar-refractivity contribution in [2.24, 2.45) is 5.73 Å². The zero-order valence-corrected chi connectivity index (χ0v) is 11.6. The van der Waals surface area contributed by atoms with Gasteiger partial charge in [0.25, 0.3) is 0 Å². The van der Waals surface area contributed by atoms with Crippen LogP contribution in [-0.2, 0) is 14.4 Å². The van der Waals surface area contributed by atoms with Gasteiger partial charge in [-0.05, 0) is 18.6 Å². The van der Waals surface area contributed by atoms with Crippen molar-refractivity contribution in [3.8, 4) is 0 Å². The number of nitrogens with one attached hydrogen (secondary N) is 1. The summed E-state index contributed by atoms with van der Waals surface area (Å²) in [7, 11) is 0. The van der Waals surface area contributed by atoms with E-state index in [0.717, 1.165) is 12.2 Å². The molecule has 0 aliphatic carbocycles. The summed E-state index contributed by atoms with van der Waals surface area (Å²) in [6, 6.07) is -2.06. The number of hydrogen-bond donors (Lipinski definition) is 4. The van der Waals surface area contributed by atoms with E-state index >= 15 is 0 Å². The van der Waals surface area contributed by atoms with E-state index in [1.165, 1.54) is 11.8 Å². The molecule has 0 aliphatic heterocycles. The Balaban J connectivity index is 4.09. The molecule has 5 N–H and O–H groups in total. The predicted octanol–water partition coefficient (Wildman–Crippen LogP) is -0.109. The van der Waals surface area contributed by atoms with Crippen molar-refractivity contribution >= 4 is 29.6 Å². The van der Waals surface area contributed by atoms with Gasteiger partial charge < -0.3 is 21.3 Å². The van der Waals surface area contributed by atoms with Crippen LogP contribution in [0.15, 0.2) is 0 Å². The zero-order valence-electron chi connectivity index (χ0n) is 10.8. The number of hydrogen-bond acceptors (Lipinski definition) is 5. The number of thioether (sulfide) groups is 1. The number of amides is 1. The predicted molar refractivity (Wildman–Crippen MR) is 72.0 cm³/mol. The number of carboxylic acid groups (broad SMARTS) is 2. The summed E-state index contributed by atoms with van der Waals surface area (Å²) >= 11 is 1.45. The molecule has 1 amide bonds. The van der Waals surface area contributed by atoms with Gasteiger partial charge in [0.15, 0.2) is 0 Å². The minimum absolute atomic E-state index is 0.0182. The lowest BCUT2D eigenvalue weighted by atomic mass is 10.1. The zero-order chi connectivity index (χ0) is 14.8. The highest BCUT2D eigenvalue weighted by atomic mass is 32.2. The van der Waals surface area contributed by atoms with E-state index in [4.69, 9.17) is 15.9 Å². The molecule has 0 saturated carbocycles. The summed E-state index contributed by atoms with van der Waals surface area (Å²) in [5.74, 6) is -1.66. The van der Waals surface area contributed by atoms with Gasteiger partial charge >= 0.3 is 11.9 Å². The van der Waals surface area contributed by atoms with Crippen molar-refractivity contribution in [3.05, 3.63) is 0 Å². The van der Waals surface area contributed by atoms with Gasteiger partial charge in [0.1, 0.15) is 12.1 Å². The molecule has 0 rings (SSSR count). The standard InChI is InChI=1S/C11H20N2O5S/c1-2-5-19-6-8(11(17)18)13-9(14)4-3-7(12)10(15)16/h7-8H,2-6,12H2,1H3,(H,13,14)(H,15,16)(H,17,18). The van der Waals surface area contributed by atoms with Gasteiger partial charge in [-0.15, -0.1) is 0 Å². The van der Waals surface area contributed by atoms with Crippen molar-refractivity contribution in [1.29, 1.82) is 0 Å². The fraction of sp³-hybridized carbons (Fsp3) is 0.727. The summed E-state index contributed by atoms with van der Waals surface area (Å²) in [5, 5.41) is 19.9. The topological polar surface area (TPSA) is 130 Å². The van der Waals surface area contributed by atoms with Crippen LogP contribution in [0.5, 0.6) is 0 Å². The molecule has 19 heavy (non-hydrogen) atoms. The van der Waals surface area contributed by atoms with Crippen LogP contribution in [0.4, 0.5) is 0 Å². The average molecular weight is 292 g/mol. The first-order chi connectivity index (χ1) is 8.88. The third kappa shape index (κ3) is 8.44. The molecular weight excluding hydrogens is 272 g/mol. The minimum atomic E-state index is -1.18. The number of aliphatic carboxylic acids is 2. The van der Waals surface area contributed by atoms with Gasteiger partial charge in [-0.1, -0.05) is 6.92 Å². The lowest BCUT2D eigenvalue weighted by Crippen LogP contribution is -2.43. The second kappa shape index (κ2) is 9.62. The number of carbonyl (C=O) groups excluding carboxylic acids is 1. The first-order valence-electron chi connectivity index (χ1n) is 5.96. The molecule has 110 valence electrons. The van der Waals surface area contributed by atoms with Crippen molar-refractivity contribution in [2.45, 2.75) is 38.3 Å². The maximum Gasteiger partial charge on any atom is 0.327 e.